The molecular weight excluding hydrogens is 506 g/mol. The molecule has 0 aliphatic heterocycles. The molecule has 3 unspecified atom stereocenters. The zero-order valence-corrected chi connectivity index (χ0v) is 20.8. The minimum atomic E-state index is -1.23. The van der Waals surface area contributed by atoms with Crippen molar-refractivity contribution in [2.24, 2.45) is 5.73 Å². The molecule has 0 bridgehead atoms. The number of amides is 3. The largest absolute Gasteiger partial charge is 0.480 e. The van der Waals surface area contributed by atoms with E-state index in [0.29, 0.717) is 11.4 Å². The van der Waals surface area contributed by atoms with Crippen LogP contribution < -0.4 is 21.7 Å². The summed E-state index contributed by atoms with van der Waals surface area (Å²) in [5.41, 5.74) is 8.87. The third kappa shape index (κ3) is 7.29. The van der Waals surface area contributed by atoms with E-state index in [2.05, 4.69) is 40.9 Å². The average Bonchev–Trinajstić information content (AvgIpc) is 3.69. The smallest absolute Gasteiger partial charge is 0.322 e. The molecule has 0 fully saturated rings. The third-order valence-corrected chi connectivity index (χ3v) is 6.09. The molecule has 0 radical (unpaired) electrons. The number of carbonyl (C=O) groups is 4. The van der Waals surface area contributed by atoms with Crippen LogP contribution in [0.3, 0.4) is 0 Å². The van der Waals surface area contributed by atoms with Gasteiger partial charge in [-0.15, -0.1) is 0 Å². The van der Waals surface area contributed by atoms with E-state index in [1.54, 1.807) is 12.4 Å². The molecule has 3 atom stereocenters. The maximum absolute atomic E-state index is 13.5. The van der Waals surface area contributed by atoms with Gasteiger partial charge in [-0.3, -0.25) is 19.2 Å². The number of rotatable bonds is 13. The van der Waals surface area contributed by atoms with Gasteiger partial charge in [0.25, 0.3) is 0 Å². The number of fused-ring (bicyclic) bond motifs is 1. The number of benzene rings is 1. The summed E-state index contributed by atoms with van der Waals surface area (Å²) in [6, 6.07) is 4.25. The van der Waals surface area contributed by atoms with E-state index in [1.807, 2.05) is 24.3 Å². The predicted octanol–water partition coefficient (Wildman–Crippen LogP) is -0.860. The van der Waals surface area contributed by atoms with E-state index < -0.39 is 48.4 Å². The van der Waals surface area contributed by atoms with Crippen LogP contribution in [0.1, 0.15) is 17.0 Å². The van der Waals surface area contributed by atoms with E-state index in [9.17, 15) is 19.2 Å². The molecule has 1 aromatic carbocycles. The van der Waals surface area contributed by atoms with Crippen LogP contribution >= 0.6 is 0 Å². The van der Waals surface area contributed by atoms with Gasteiger partial charge < -0.3 is 41.7 Å². The summed E-state index contributed by atoms with van der Waals surface area (Å²) in [7, 11) is 0. The minimum Gasteiger partial charge on any atom is -0.480 e. The Morgan fingerprint density at radius 1 is 0.846 bits per heavy atom. The van der Waals surface area contributed by atoms with E-state index in [0.717, 1.165) is 16.5 Å². The number of aromatic amines is 3. The fourth-order valence-electron chi connectivity index (χ4n) is 4.12. The van der Waals surface area contributed by atoms with Crippen LogP contribution in [-0.4, -0.2) is 78.4 Å². The van der Waals surface area contributed by atoms with Crippen molar-refractivity contribution in [3.05, 3.63) is 72.5 Å². The summed E-state index contributed by atoms with van der Waals surface area (Å²) in [5.74, 6) is -3.13. The normalized spacial score (nSPS) is 13.4. The first-order valence-corrected chi connectivity index (χ1v) is 12.2. The monoisotopic (exact) mass is 535 g/mol. The second-order valence-corrected chi connectivity index (χ2v) is 8.97. The van der Waals surface area contributed by atoms with E-state index in [4.69, 9.17) is 10.8 Å². The van der Waals surface area contributed by atoms with E-state index >= 15 is 0 Å². The van der Waals surface area contributed by atoms with Gasteiger partial charge >= 0.3 is 5.97 Å². The van der Waals surface area contributed by atoms with Crippen LogP contribution in [0.5, 0.6) is 0 Å². The lowest BCUT2D eigenvalue weighted by Crippen LogP contribution is -2.57. The Hall–Kier alpha value is -4.98. The molecule has 9 N–H and O–H groups in total. The molecule has 0 aliphatic rings. The molecule has 14 heteroatoms. The summed E-state index contributed by atoms with van der Waals surface area (Å²) in [4.78, 5) is 67.1. The molecule has 14 nitrogen and oxygen atoms in total. The molecule has 0 saturated heterocycles. The van der Waals surface area contributed by atoms with Gasteiger partial charge in [0.15, 0.2) is 0 Å². The Balaban J connectivity index is 1.52. The van der Waals surface area contributed by atoms with Crippen molar-refractivity contribution < 1.29 is 24.3 Å². The van der Waals surface area contributed by atoms with Crippen LogP contribution in [0.15, 0.2) is 55.5 Å². The lowest BCUT2D eigenvalue weighted by atomic mass is 10.0. The Kier molecular flexibility index (Phi) is 8.68. The highest BCUT2D eigenvalue weighted by Gasteiger charge is 2.29. The second-order valence-electron chi connectivity index (χ2n) is 8.97. The number of nitrogens with one attached hydrogen (secondary N) is 6. The molecule has 39 heavy (non-hydrogen) atoms. The molecule has 3 amide bonds. The van der Waals surface area contributed by atoms with Crippen molar-refractivity contribution in [1.82, 2.24) is 40.9 Å². The number of aliphatic carboxylic acids is 1. The quantitative estimate of drug-likeness (QED) is 0.107. The standard InChI is InChI=1S/C25H29N9O5/c26-18(6-15-9-27-12-31-15)23(37)33-21(7-16-10-28-13-32-16)25(39)34-20(24(38)30-11-22(35)36)5-14-8-29-19-4-2-1-3-17(14)19/h1-4,8-10,12-13,18,20-21,29H,5-7,11,26H2,(H,27,31)(H,28,32)(H,30,38)(H,33,37)(H,34,39)(H,35,36). The second kappa shape index (κ2) is 12.5. The Morgan fingerprint density at radius 3 is 2.15 bits per heavy atom. The van der Waals surface area contributed by atoms with Crippen molar-refractivity contribution in [1.29, 1.82) is 0 Å². The topological polar surface area (TPSA) is 224 Å². The van der Waals surface area contributed by atoms with Crippen molar-refractivity contribution >= 4 is 34.6 Å². The van der Waals surface area contributed by atoms with Gasteiger partial charge in [0, 0.05) is 60.1 Å². The number of hydrogen-bond donors (Lipinski definition) is 8. The lowest BCUT2D eigenvalue weighted by Gasteiger charge is -2.24. The number of carboxylic acids is 1. The number of carbonyl (C=O) groups excluding carboxylic acids is 3. The lowest BCUT2D eigenvalue weighted by molar-refractivity contribution is -0.138. The number of carboxylic acid groups (broad SMARTS) is 1. The zero-order valence-electron chi connectivity index (χ0n) is 20.8. The molecule has 204 valence electrons. The van der Waals surface area contributed by atoms with Gasteiger partial charge in [-0.2, -0.15) is 0 Å². The van der Waals surface area contributed by atoms with Gasteiger partial charge in [0.2, 0.25) is 17.7 Å². The summed E-state index contributed by atoms with van der Waals surface area (Å²) in [5, 5.41) is 17.5. The number of imidazole rings is 2. The molecule has 0 spiro atoms. The number of para-hydroxylation sites is 1. The van der Waals surface area contributed by atoms with Gasteiger partial charge in [-0.1, -0.05) is 18.2 Å². The molecule has 4 rings (SSSR count). The third-order valence-electron chi connectivity index (χ3n) is 6.09. The SMILES string of the molecule is NC(Cc1cnc[nH]1)C(=O)NC(Cc1cnc[nH]1)C(=O)NC(Cc1c[nH]c2ccccc12)C(=O)NCC(=O)O. The highest BCUT2D eigenvalue weighted by molar-refractivity contribution is 5.94. The fraction of sp³-hybridized carbons (Fsp3) is 0.280. The van der Waals surface area contributed by atoms with Crippen molar-refractivity contribution in [2.45, 2.75) is 37.4 Å². The van der Waals surface area contributed by atoms with Crippen LogP contribution in [0.25, 0.3) is 10.9 Å². The molecule has 0 saturated carbocycles. The zero-order chi connectivity index (χ0) is 27.8. The highest BCUT2D eigenvalue weighted by atomic mass is 16.4. The number of aromatic nitrogens is 5. The van der Waals surface area contributed by atoms with Gasteiger partial charge in [0.05, 0.1) is 18.7 Å². The summed E-state index contributed by atoms with van der Waals surface area (Å²) < 4.78 is 0. The first kappa shape index (κ1) is 27.1. The van der Waals surface area contributed by atoms with E-state index in [1.165, 1.54) is 18.9 Å². The highest BCUT2D eigenvalue weighted by Crippen LogP contribution is 2.19. The van der Waals surface area contributed by atoms with E-state index in [-0.39, 0.29) is 19.3 Å². The summed E-state index contributed by atoms with van der Waals surface area (Å²) >= 11 is 0. The van der Waals surface area contributed by atoms with Gasteiger partial charge in [-0.25, -0.2) is 9.97 Å². The maximum Gasteiger partial charge on any atom is 0.322 e. The van der Waals surface area contributed by atoms with Crippen molar-refractivity contribution in [3.63, 3.8) is 0 Å². The molecule has 3 heterocycles. The Labute approximate surface area is 222 Å². The van der Waals surface area contributed by atoms with Gasteiger partial charge in [-0.05, 0) is 11.6 Å². The molecular formula is C25H29N9O5. The van der Waals surface area contributed by atoms with Crippen molar-refractivity contribution in [3.8, 4) is 0 Å². The van der Waals surface area contributed by atoms with Crippen LogP contribution in [0, 0.1) is 0 Å². The number of hydrogen-bond acceptors (Lipinski definition) is 7. The van der Waals surface area contributed by atoms with Crippen LogP contribution in [0.4, 0.5) is 0 Å². The summed E-state index contributed by atoms with van der Waals surface area (Å²) in [6.07, 6.45) is 7.99. The molecule has 3 aromatic heterocycles. The average molecular weight is 536 g/mol. The number of nitrogens with two attached hydrogens (primary N) is 1. The Bertz CT molecular complexity index is 1410. The molecule has 0 aliphatic carbocycles. The minimum absolute atomic E-state index is 0.0465. The number of nitrogens with zero attached hydrogens (tertiary/aromatic N) is 2. The molecule has 4 aromatic rings. The summed E-state index contributed by atoms with van der Waals surface area (Å²) in [6.45, 7) is -0.615. The predicted molar refractivity (Wildman–Crippen MR) is 139 cm³/mol. The van der Waals surface area contributed by atoms with Crippen LogP contribution in [-0.2, 0) is 38.4 Å². The van der Waals surface area contributed by atoms with Gasteiger partial charge in [0.1, 0.15) is 18.6 Å². The van der Waals surface area contributed by atoms with Crippen LogP contribution in [0.2, 0.25) is 0 Å². The van der Waals surface area contributed by atoms with Crippen molar-refractivity contribution in [2.75, 3.05) is 6.54 Å². The Morgan fingerprint density at radius 2 is 1.49 bits per heavy atom. The first-order valence-electron chi connectivity index (χ1n) is 12.2. The maximum atomic E-state index is 13.5. The first-order chi connectivity index (χ1) is 18.8. The fourth-order valence-corrected chi connectivity index (χ4v) is 4.12. The number of H-pyrrole nitrogens is 3.